The predicted molar refractivity (Wildman–Crippen MR) is 67.5 cm³/mol. The van der Waals surface area contributed by atoms with Crippen molar-refractivity contribution >= 4 is 16.6 Å². The van der Waals surface area contributed by atoms with Gasteiger partial charge in [-0.2, -0.15) is 0 Å². The van der Waals surface area contributed by atoms with Crippen molar-refractivity contribution < 1.29 is 4.74 Å². The van der Waals surface area contributed by atoms with Crippen LogP contribution in [0.5, 0.6) is 0 Å². The van der Waals surface area contributed by atoms with Crippen LogP contribution in [0.4, 0.5) is 5.69 Å². The molecule has 0 radical (unpaired) electrons. The van der Waals surface area contributed by atoms with E-state index >= 15 is 0 Å². The van der Waals surface area contributed by atoms with Crippen molar-refractivity contribution in [1.29, 1.82) is 0 Å². The van der Waals surface area contributed by atoms with E-state index in [0.717, 1.165) is 31.9 Å². The molecule has 1 aromatic heterocycles. The lowest BCUT2D eigenvalue weighted by molar-refractivity contribution is 0.127. The third kappa shape index (κ3) is 2.36. The van der Waals surface area contributed by atoms with Gasteiger partial charge in [-0.05, 0) is 30.7 Å². The van der Waals surface area contributed by atoms with Crippen LogP contribution in [0.3, 0.4) is 0 Å². The smallest absolute Gasteiger partial charge is 0.0645 e. The van der Waals surface area contributed by atoms with Gasteiger partial charge in [0.15, 0.2) is 0 Å². The highest BCUT2D eigenvalue weighted by Crippen LogP contribution is 2.18. The van der Waals surface area contributed by atoms with Gasteiger partial charge in [0.1, 0.15) is 0 Å². The molecule has 3 heteroatoms. The summed E-state index contributed by atoms with van der Waals surface area (Å²) in [7, 11) is 0. The Balaban J connectivity index is 2.07. The molecule has 86 valence electrons. The van der Waals surface area contributed by atoms with E-state index in [1.54, 1.807) is 0 Å². The van der Waals surface area contributed by atoms with Crippen LogP contribution in [-0.4, -0.2) is 17.8 Å². The number of ether oxygens (including phenoxy) is 1. The van der Waals surface area contributed by atoms with Crippen LogP contribution >= 0.6 is 0 Å². The van der Waals surface area contributed by atoms with Crippen LogP contribution in [0.25, 0.3) is 10.9 Å². The lowest BCUT2D eigenvalue weighted by Crippen LogP contribution is -2.05. The van der Waals surface area contributed by atoms with Crippen LogP contribution in [0, 0.1) is 0 Å². The zero-order chi connectivity index (χ0) is 11.4. The Morgan fingerprint density at radius 1 is 1.25 bits per heavy atom. The van der Waals surface area contributed by atoms with E-state index in [1.807, 2.05) is 12.1 Å². The fourth-order valence-corrected chi connectivity index (χ4v) is 1.82. The molecule has 0 fully saturated rings. The normalized spacial score (nSPS) is 11.1. The molecule has 0 atom stereocenters. The van der Waals surface area contributed by atoms with Crippen molar-refractivity contribution in [2.45, 2.75) is 19.9 Å². The van der Waals surface area contributed by atoms with Gasteiger partial charge >= 0.3 is 0 Å². The van der Waals surface area contributed by atoms with Crippen LogP contribution < -0.4 is 5.73 Å². The number of benzene rings is 1. The fourth-order valence-electron chi connectivity index (χ4n) is 1.82. The average molecular weight is 218 g/mol. The van der Waals surface area contributed by atoms with E-state index in [4.69, 9.17) is 10.5 Å². The van der Waals surface area contributed by atoms with Crippen LogP contribution in [0.2, 0.25) is 0 Å². The maximum Gasteiger partial charge on any atom is 0.0645 e. The zero-order valence-electron chi connectivity index (χ0n) is 9.65. The molecular weight excluding hydrogens is 200 g/mol. The molecule has 2 aromatic rings. The van der Waals surface area contributed by atoms with Crippen LogP contribution in [0.1, 0.15) is 13.3 Å². The highest BCUT2D eigenvalue weighted by molar-refractivity contribution is 5.83. The summed E-state index contributed by atoms with van der Waals surface area (Å²) in [4.78, 5) is 0. The minimum Gasteiger partial charge on any atom is -0.399 e. The van der Waals surface area contributed by atoms with Gasteiger partial charge in [0, 0.05) is 35.9 Å². The van der Waals surface area contributed by atoms with E-state index in [1.165, 1.54) is 10.9 Å². The summed E-state index contributed by atoms with van der Waals surface area (Å²) in [6, 6.07) is 8.08. The monoisotopic (exact) mass is 218 g/mol. The van der Waals surface area contributed by atoms with Crippen molar-refractivity contribution in [1.82, 2.24) is 4.57 Å². The van der Waals surface area contributed by atoms with Crippen LogP contribution in [-0.2, 0) is 11.3 Å². The second-order valence-corrected chi connectivity index (χ2v) is 3.94. The molecule has 16 heavy (non-hydrogen) atoms. The number of nitrogens with zero attached hydrogens (tertiary/aromatic N) is 1. The number of anilines is 1. The van der Waals surface area contributed by atoms with Gasteiger partial charge < -0.3 is 15.0 Å². The summed E-state index contributed by atoms with van der Waals surface area (Å²) in [5.41, 5.74) is 7.77. The number of nitrogens with two attached hydrogens (primary N) is 1. The second kappa shape index (κ2) is 5.03. The molecule has 0 aliphatic heterocycles. The van der Waals surface area contributed by atoms with Gasteiger partial charge in [0.05, 0.1) is 6.61 Å². The SMILES string of the molecule is CCCOCCn1ccc2cc(N)ccc21. The van der Waals surface area contributed by atoms with Crippen molar-refractivity contribution in [2.24, 2.45) is 0 Å². The minimum atomic E-state index is 0.766. The molecule has 3 nitrogen and oxygen atoms in total. The predicted octanol–water partition coefficient (Wildman–Crippen LogP) is 2.65. The maximum absolute atomic E-state index is 5.74. The first kappa shape index (κ1) is 11.0. The largest absolute Gasteiger partial charge is 0.399 e. The number of hydrogen-bond donors (Lipinski definition) is 1. The Morgan fingerprint density at radius 3 is 2.94 bits per heavy atom. The summed E-state index contributed by atoms with van der Waals surface area (Å²) in [5, 5.41) is 1.19. The number of fused-ring (bicyclic) bond motifs is 1. The Kier molecular flexibility index (Phi) is 3.47. The summed E-state index contributed by atoms with van der Waals surface area (Å²) < 4.78 is 7.68. The van der Waals surface area contributed by atoms with E-state index in [2.05, 4.69) is 29.8 Å². The lowest BCUT2D eigenvalue weighted by Gasteiger charge is -2.06. The molecule has 0 aliphatic rings. The van der Waals surface area contributed by atoms with Gasteiger partial charge in [-0.1, -0.05) is 6.92 Å². The standard InChI is InChI=1S/C13H18N2O/c1-2-8-16-9-7-15-6-5-11-10-12(14)3-4-13(11)15/h3-6,10H,2,7-9,14H2,1H3. The van der Waals surface area contributed by atoms with Crippen molar-refractivity contribution in [2.75, 3.05) is 18.9 Å². The summed E-state index contributed by atoms with van der Waals surface area (Å²) in [5.74, 6) is 0. The van der Waals surface area contributed by atoms with Gasteiger partial charge in [-0.15, -0.1) is 0 Å². The van der Waals surface area contributed by atoms with Gasteiger partial charge in [0.2, 0.25) is 0 Å². The molecule has 0 aliphatic carbocycles. The molecular formula is C13H18N2O. The molecule has 1 heterocycles. The third-order valence-electron chi connectivity index (χ3n) is 2.62. The summed E-state index contributed by atoms with van der Waals surface area (Å²) in [6.07, 6.45) is 3.16. The topological polar surface area (TPSA) is 40.2 Å². The van der Waals surface area contributed by atoms with Crippen molar-refractivity contribution in [3.63, 3.8) is 0 Å². The Labute approximate surface area is 95.8 Å². The average Bonchev–Trinajstić information content (AvgIpc) is 2.67. The second-order valence-electron chi connectivity index (χ2n) is 3.94. The minimum absolute atomic E-state index is 0.766. The highest BCUT2D eigenvalue weighted by atomic mass is 16.5. The Hall–Kier alpha value is -1.48. The quantitative estimate of drug-likeness (QED) is 0.619. The first-order valence-electron chi connectivity index (χ1n) is 5.73. The van der Waals surface area contributed by atoms with E-state index in [-0.39, 0.29) is 0 Å². The van der Waals surface area contributed by atoms with E-state index in [0.29, 0.717) is 0 Å². The van der Waals surface area contributed by atoms with E-state index in [9.17, 15) is 0 Å². The molecule has 0 bridgehead atoms. The number of hydrogen-bond acceptors (Lipinski definition) is 2. The molecule has 0 amide bonds. The number of nitrogen functional groups attached to an aromatic ring is 1. The first-order chi connectivity index (χ1) is 7.81. The van der Waals surface area contributed by atoms with Gasteiger partial charge in [0.25, 0.3) is 0 Å². The number of rotatable bonds is 5. The fraction of sp³-hybridized carbons (Fsp3) is 0.385. The molecule has 0 unspecified atom stereocenters. The molecule has 0 saturated heterocycles. The first-order valence-corrected chi connectivity index (χ1v) is 5.73. The molecule has 0 saturated carbocycles. The Morgan fingerprint density at radius 2 is 2.12 bits per heavy atom. The zero-order valence-corrected chi connectivity index (χ0v) is 9.65. The van der Waals surface area contributed by atoms with Gasteiger partial charge in [-0.3, -0.25) is 0 Å². The lowest BCUT2D eigenvalue weighted by atomic mass is 10.2. The Bertz CT molecular complexity index is 462. The summed E-state index contributed by atoms with van der Waals surface area (Å²) >= 11 is 0. The molecule has 0 spiro atoms. The molecule has 1 aromatic carbocycles. The highest BCUT2D eigenvalue weighted by Gasteiger charge is 2.00. The third-order valence-corrected chi connectivity index (χ3v) is 2.62. The molecule has 2 rings (SSSR count). The molecule has 2 N–H and O–H groups in total. The van der Waals surface area contributed by atoms with Crippen molar-refractivity contribution in [3.05, 3.63) is 30.5 Å². The van der Waals surface area contributed by atoms with Crippen LogP contribution in [0.15, 0.2) is 30.5 Å². The van der Waals surface area contributed by atoms with Gasteiger partial charge in [-0.25, -0.2) is 0 Å². The van der Waals surface area contributed by atoms with Crippen molar-refractivity contribution in [3.8, 4) is 0 Å². The number of aromatic nitrogens is 1. The maximum atomic E-state index is 5.74. The summed E-state index contributed by atoms with van der Waals surface area (Å²) in [6.45, 7) is 4.62. The van der Waals surface area contributed by atoms with E-state index < -0.39 is 0 Å².